The molecule has 1 aliphatic rings. The number of rotatable bonds is 6. The minimum atomic E-state index is -1.16. The molecule has 2 amide bonds. The van der Waals surface area contributed by atoms with Gasteiger partial charge in [0.15, 0.2) is 0 Å². The molecular weight excluding hydrogens is 424 g/mol. The minimum absolute atomic E-state index is 0.00720. The van der Waals surface area contributed by atoms with E-state index in [4.69, 9.17) is 21.1 Å². The molecular formula is C22H31ClN2O6. The minimum Gasteiger partial charge on any atom is -0.490 e. The summed E-state index contributed by atoms with van der Waals surface area (Å²) in [7, 11) is 1.40. The van der Waals surface area contributed by atoms with Crippen molar-refractivity contribution in [2.45, 2.75) is 64.7 Å². The van der Waals surface area contributed by atoms with Crippen molar-refractivity contribution in [3.05, 3.63) is 28.8 Å². The molecule has 0 spiro atoms. The first kappa shape index (κ1) is 24.8. The fraction of sp³-hybridized carbons (Fsp3) is 0.591. The Hall–Kier alpha value is -2.48. The molecule has 1 aromatic rings. The lowest BCUT2D eigenvalue weighted by Gasteiger charge is -2.32. The van der Waals surface area contributed by atoms with E-state index in [1.807, 2.05) is 0 Å². The number of carboxylic acid groups (broad SMARTS) is 1. The van der Waals surface area contributed by atoms with Crippen molar-refractivity contribution < 1.29 is 29.0 Å². The maximum Gasteiger partial charge on any atom is 0.410 e. The number of carbonyl (C=O) groups excluding carboxylic acids is 2. The van der Waals surface area contributed by atoms with Gasteiger partial charge >= 0.3 is 12.1 Å². The highest BCUT2D eigenvalue weighted by molar-refractivity contribution is 6.30. The summed E-state index contributed by atoms with van der Waals surface area (Å²) in [5, 5.41) is 10.2. The number of likely N-dealkylation sites (N-methyl/N-ethyl adjacent to an activating group) is 1. The van der Waals surface area contributed by atoms with Gasteiger partial charge in [-0.05, 0) is 44.5 Å². The van der Waals surface area contributed by atoms with Crippen molar-refractivity contribution in [2.24, 2.45) is 0 Å². The van der Waals surface area contributed by atoms with Crippen LogP contribution < -0.4 is 4.74 Å². The molecule has 1 N–H and O–H groups in total. The number of benzene rings is 1. The second kappa shape index (κ2) is 10.2. The topological polar surface area (TPSA) is 96.4 Å². The van der Waals surface area contributed by atoms with Gasteiger partial charge in [-0.15, -0.1) is 0 Å². The van der Waals surface area contributed by atoms with Gasteiger partial charge < -0.3 is 19.5 Å². The summed E-state index contributed by atoms with van der Waals surface area (Å²) in [6.45, 7) is 7.92. The van der Waals surface area contributed by atoms with E-state index in [9.17, 15) is 19.5 Å². The van der Waals surface area contributed by atoms with Crippen LogP contribution in [0.4, 0.5) is 4.79 Å². The van der Waals surface area contributed by atoms with Crippen LogP contribution in [0.2, 0.25) is 5.02 Å². The average molecular weight is 455 g/mol. The summed E-state index contributed by atoms with van der Waals surface area (Å²) in [6.07, 6.45) is 0.556. The molecule has 0 aromatic heterocycles. The van der Waals surface area contributed by atoms with Crippen molar-refractivity contribution in [3.63, 3.8) is 0 Å². The second-order valence-electron chi connectivity index (χ2n) is 8.72. The lowest BCUT2D eigenvalue weighted by Crippen LogP contribution is -2.46. The van der Waals surface area contributed by atoms with Gasteiger partial charge in [-0.3, -0.25) is 9.69 Å². The van der Waals surface area contributed by atoms with E-state index in [0.29, 0.717) is 42.3 Å². The fourth-order valence-corrected chi connectivity index (χ4v) is 3.54. The third-order valence-electron chi connectivity index (χ3n) is 5.05. The number of carbonyl (C=O) groups is 3. The Morgan fingerprint density at radius 3 is 2.39 bits per heavy atom. The van der Waals surface area contributed by atoms with Gasteiger partial charge in [0.1, 0.15) is 23.5 Å². The molecule has 2 rings (SSSR count). The molecule has 1 fully saturated rings. The third kappa shape index (κ3) is 7.31. The summed E-state index contributed by atoms with van der Waals surface area (Å²) in [5.74, 6) is -0.594. The lowest BCUT2D eigenvalue weighted by molar-refractivity contribution is -0.142. The summed E-state index contributed by atoms with van der Waals surface area (Å²) in [4.78, 5) is 38.7. The van der Waals surface area contributed by atoms with Crippen LogP contribution in [0.5, 0.6) is 5.75 Å². The smallest absolute Gasteiger partial charge is 0.410 e. The number of halogens is 1. The van der Waals surface area contributed by atoms with Crippen LogP contribution in [-0.4, -0.2) is 70.8 Å². The van der Waals surface area contributed by atoms with E-state index in [1.54, 1.807) is 50.8 Å². The highest BCUT2D eigenvalue weighted by Gasteiger charge is 2.31. The van der Waals surface area contributed by atoms with Gasteiger partial charge in [-0.1, -0.05) is 11.6 Å². The molecule has 1 heterocycles. The van der Waals surface area contributed by atoms with Crippen molar-refractivity contribution in [2.75, 3.05) is 20.1 Å². The molecule has 9 heteroatoms. The number of piperidine rings is 1. The zero-order valence-electron chi connectivity index (χ0n) is 18.7. The quantitative estimate of drug-likeness (QED) is 0.705. The third-order valence-corrected chi connectivity index (χ3v) is 5.29. The first-order valence-electron chi connectivity index (χ1n) is 10.3. The zero-order valence-corrected chi connectivity index (χ0v) is 19.4. The van der Waals surface area contributed by atoms with Crippen LogP contribution in [0.1, 0.15) is 46.1 Å². The summed E-state index contributed by atoms with van der Waals surface area (Å²) in [5.41, 5.74) is -0.155. The second-order valence-corrected chi connectivity index (χ2v) is 9.16. The average Bonchev–Trinajstić information content (AvgIpc) is 2.66. The van der Waals surface area contributed by atoms with Gasteiger partial charge in [0, 0.05) is 51.3 Å². The molecule has 1 saturated heterocycles. The Morgan fingerprint density at radius 1 is 1.26 bits per heavy atom. The van der Waals surface area contributed by atoms with E-state index in [0.717, 1.165) is 4.90 Å². The van der Waals surface area contributed by atoms with Crippen LogP contribution in [0, 0.1) is 0 Å². The molecule has 0 aliphatic carbocycles. The van der Waals surface area contributed by atoms with Crippen molar-refractivity contribution in [1.82, 2.24) is 9.80 Å². The van der Waals surface area contributed by atoms with E-state index in [-0.39, 0.29) is 18.4 Å². The standard InChI is InChI=1S/C22H31ClN2O6/c1-14(26)25-10-8-17(9-11-25)30-19-7-6-16(23)12-15(19)13-18(20(27)28)24(5)21(29)31-22(2,3)4/h6-7,12,17-18H,8-11,13H2,1-5H3,(H,27,28)/t18-/m0/s1. The largest absolute Gasteiger partial charge is 0.490 e. The van der Waals surface area contributed by atoms with Crippen LogP contribution in [0.25, 0.3) is 0 Å². The molecule has 0 saturated carbocycles. The Morgan fingerprint density at radius 2 is 1.87 bits per heavy atom. The normalized spacial score (nSPS) is 15.9. The van der Waals surface area contributed by atoms with E-state index < -0.39 is 23.7 Å². The molecule has 1 aliphatic heterocycles. The van der Waals surface area contributed by atoms with Gasteiger partial charge in [-0.2, -0.15) is 0 Å². The van der Waals surface area contributed by atoms with Crippen molar-refractivity contribution >= 4 is 29.6 Å². The molecule has 1 aromatic carbocycles. The number of ether oxygens (including phenoxy) is 2. The maximum atomic E-state index is 12.4. The van der Waals surface area contributed by atoms with Gasteiger partial charge in [0.2, 0.25) is 5.91 Å². The predicted octanol–water partition coefficient (Wildman–Crippen LogP) is 3.59. The monoisotopic (exact) mass is 454 g/mol. The van der Waals surface area contributed by atoms with Gasteiger partial charge in [0.05, 0.1) is 0 Å². The molecule has 31 heavy (non-hydrogen) atoms. The van der Waals surface area contributed by atoms with Crippen molar-refractivity contribution in [3.8, 4) is 5.75 Å². The lowest BCUT2D eigenvalue weighted by atomic mass is 10.0. The summed E-state index contributed by atoms with van der Waals surface area (Å²) in [6, 6.07) is 3.88. The molecule has 1 atom stereocenters. The highest BCUT2D eigenvalue weighted by atomic mass is 35.5. The summed E-state index contributed by atoms with van der Waals surface area (Å²) >= 11 is 6.15. The predicted molar refractivity (Wildman–Crippen MR) is 116 cm³/mol. The van der Waals surface area contributed by atoms with Crippen LogP contribution in [0.15, 0.2) is 18.2 Å². The Labute approximate surface area is 188 Å². The first-order chi connectivity index (χ1) is 14.4. The van der Waals surface area contributed by atoms with Crippen LogP contribution in [-0.2, 0) is 20.7 Å². The first-order valence-corrected chi connectivity index (χ1v) is 10.6. The highest BCUT2D eigenvalue weighted by Crippen LogP contribution is 2.28. The van der Waals surface area contributed by atoms with Crippen LogP contribution >= 0.6 is 11.6 Å². The van der Waals surface area contributed by atoms with Crippen molar-refractivity contribution in [1.29, 1.82) is 0 Å². The number of likely N-dealkylation sites (tertiary alicyclic amines) is 1. The zero-order chi connectivity index (χ0) is 23.3. The summed E-state index contributed by atoms with van der Waals surface area (Å²) < 4.78 is 11.5. The van der Waals surface area contributed by atoms with Gasteiger partial charge in [0.25, 0.3) is 0 Å². The molecule has 0 bridgehead atoms. The van der Waals surface area contributed by atoms with Crippen LogP contribution in [0.3, 0.4) is 0 Å². The molecule has 0 unspecified atom stereocenters. The fourth-order valence-electron chi connectivity index (χ4n) is 3.35. The molecule has 172 valence electrons. The number of amides is 2. The number of carboxylic acids is 1. The van der Waals surface area contributed by atoms with Gasteiger partial charge in [-0.25, -0.2) is 9.59 Å². The Balaban J connectivity index is 2.17. The molecule has 8 nitrogen and oxygen atoms in total. The van der Waals surface area contributed by atoms with E-state index >= 15 is 0 Å². The number of nitrogens with zero attached hydrogens (tertiary/aromatic N) is 2. The SMILES string of the molecule is CC(=O)N1CCC(Oc2ccc(Cl)cc2C[C@@H](C(=O)O)N(C)C(=O)OC(C)(C)C)CC1. The number of hydrogen-bond acceptors (Lipinski definition) is 5. The maximum absolute atomic E-state index is 12.4. The van der Waals surface area contributed by atoms with E-state index in [2.05, 4.69) is 0 Å². The van der Waals surface area contributed by atoms with E-state index in [1.165, 1.54) is 7.05 Å². The molecule has 0 radical (unpaired) electrons. The number of aliphatic carboxylic acids is 1. The Bertz CT molecular complexity index is 815. The number of hydrogen-bond donors (Lipinski definition) is 1. The Kier molecular flexibility index (Phi) is 8.17.